The molecule has 1 saturated heterocycles. The number of likely N-dealkylation sites (tertiary alicyclic amines) is 1. The van der Waals surface area contributed by atoms with Crippen molar-refractivity contribution in [3.8, 4) is 5.75 Å². The summed E-state index contributed by atoms with van der Waals surface area (Å²) >= 11 is 0. The number of anilines is 1. The van der Waals surface area contributed by atoms with Gasteiger partial charge in [0, 0.05) is 31.0 Å². The number of esters is 1. The first kappa shape index (κ1) is 34.1. The van der Waals surface area contributed by atoms with Crippen molar-refractivity contribution in [2.24, 2.45) is 5.92 Å². The minimum Gasteiger partial charge on any atom is -0.469 e. The molecular weight excluding hydrogens is 618 g/mol. The number of halogens is 4. The third kappa shape index (κ3) is 10.4. The highest BCUT2D eigenvalue weighted by Gasteiger charge is 2.31. The number of benzene rings is 1. The molecule has 1 atom stereocenters. The topological polar surface area (TPSA) is 150 Å². The van der Waals surface area contributed by atoms with Crippen molar-refractivity contribution in [1.82, 2.24) is 29.8 Å². The summed E-state index contributed by atoms with van der Waals surface area (Å²) in [7, 11) is 1.35. The van der Waals surface area contributed by atoms with E-state index in [0.717, 1.165) is 16.8 Å². The fourth-order valence-corrected chi connectivity index (χ4v) is 4.86. The molecule has 13 nitrogen and oxygen atoms in total. The number of hydrogen-bond donors (Lipinski definition) is 2. The Morgan fingerprint density at radius 1 is 1.13 bits per heavy atom. The van der Waals surface area contributed by atoms with Gasteiger partial charge in [0.05, 0.1) is 32.3 Å². The lowest BCUT2D eigenvalue weighted by Gasteiger charge is -2.29. The van der Waals surface area contributed by atoms with E-state index in [1.807, 2.05) is 4.90 Å². The van der Waals surface area contributed by atoms with Crippen LogP contribution >= 0.6 is 0 Å². The lowest BCUT2D eigenvalue weighted by molar-refractivity contribution is -0.274. The largest absolute Gasteiger partial charge is 0.573 e. The summed E-state index contributed by atoms with van der Waals surface area (Å²) in [5, 5.41) is 12.6. The molecule has 1 fully saturated rings. The molecular formula is C29H33F4N7O6. The molecule has 1 aliphatic rings. The molecule has 0 aliphatic carbocycles. The average molecular weight is 652 g/mol. The van der Waals surface area contributed by atoms with Gasteiger partial charge >= 0.3 is 12.3 Å². The Balaban J connectivity index is 1.19. The fraction of sp³-hybridized carbons (Fsp3) is 0.448. The molecule has 4 rings (SSSR count). The highest BCUT2D eigenvalue weighted by Crippen LogP contribution is 2.23. The molecule has 0 spiro atoms. The summed E-state index contributed by atoms with van der Waals surface area (Å²) in [6, 6.07) is 7.90. The van der Waals surface area contributed by atoms with Crippen molar-refractivity contribution >= 4 is 23.5 Å². The Hall–Kier alpha value is -4.80. The molecule has 3 aromatic rings. The second kappa shape index (κ2) is 15.5. The summed E-state index contributed by atoms with van der Waals surface area (Å²) in [5.74, 6) is -1.80. The SMILES string of the molecule is COC(=O)C1CCN(CC(=O)Nc2ccn(CCC(F)Cn3cc(C(=O)NCc4cccc(OC(F)(F)F)c4)nn3)c(=O)c2)CC1. The summed E-state index contributed by atoms with van der Waals surface area (Å²) in [6.45, 7) is 0.954. The highest BCUT2D eigenvalue weighted by molar-refractivity contribution is 5.92. The Morgan fingerprint density at radius 3 is 2.59 bits per heavy atom. The van der Waals surface area contributed by atoms with Crippen molar-refractivity contribution < 1.29 is 41.4 Å². The zero-order valence-corrected chi connectivity index (χ0v) is 24.8. The number of aryl methyl sites for hydroxylation is 1. The van der Waals surface area contributed by atoms with E-state index in [0.29, 0.717) is 37.2 Å². The van der Waals surface area contributed by atoms with Gasteiger partial charge < -0.3 is 24.7 Å². The molecule has 17 heteroatoms. The third-order valence-corrected chi connectivity index (χ3v) is 7.19. The van der Waals surface area contributed by atoms with E-state index < -0.39 is 29.7 Å². The molecule has 248 valence electrons. The minimum atomic E-state index is -4.84. The monoisotopic (exact) mass is 651 g/mol. The molecule has 1 aliphatic heterocycles. The number of carbonyl (C=O) groups excluding carboxylic acids is 3. The van der Waals surface area contributed by atoms with Crippen LogP contribution in [-0.2, 0) is 34.0 Å². The van der Waals surface area contributed by atoms with Crippen molar-refractivity contribution in [3.05, 3.63) is 70.4 Å². The van der Waals surface area contributed by atoms with Gasteiger partial charge in [-0.15, -0.1) is 18.3 Å². The lowest BCUT2D eigenvalue weighted by atomic mass is 9.97. The number of nitrogens with zero attached hydrogens (tertiary/aromatic N) is 5. The molecule has 0 radical (unpaired) electrons. The van der Waals surface area contributed by atoms with Crippen LogP contribution in [-0.4, -0.2) is 81.5 Å². The molecule has 0 saturated carbocycles. The van der Waals surface area contributed by atoms with E-state index in [9.17, 15) is 36.7 Å². The number of methoxy groups -OCH3 is 1. The Labute approximate surface area is 260 Å². The zero-order chi connectivity index (χ0) is 33.3. The van der Waals surface area contributed by atoms with E-state index in [-0.39, 0.29) is 56.1 Å². The molecule has 1 aromatic carbocycles. The molecule has 2 aromatic heterocycles. The second-order valence-electron chi connectivity index (χ2n) is 10.7. The van der Waals surface area contributed by atoms with Crippen LogP contribution in [0, 0.1) is 5.92 Å². The maximum atomic E-state index is 14.7. The standard InChI is InChI=1S/C29H33F4N7O6/c1-45-28(44)20-5-9-38(10-6-20)18-25(41)35-22-8-12-39(26(42)14-22)11-7-21(30)16-40-17-24(36-37-40)27(43)34-15-19-3-2-4-23(13-19)46-29(31,32)33/h2-4,8,12-14,17,20-21H,5-7,9-11,15-16,18H2,1H3,(H,34,43)(H,35,41). The third-order valence-electron chi connectivity index (χ3n) is 7.19. The maximum absolute atomic E-state index is 14.7. The fourth-order valence-electron chi connectivity index (χ4n) is 4.86. The van der Waals surface area contributed by atoms with Crippen LogP contribution in [0.3, 0.4) is 0 Å². The number of pyridine rings is 1. The molecule has 1 unspecified atom stereocenters. The summed E-state index contributed by atoms with van der Waals surface area (Å²) in [6.07, 6.45) is -2.45. The number of amides is 2. The Bertz CT molecular complexity index is 1570. The number of aromatic nitrogens is 4. The van der Waals surface area contributed by atoms with Crippen LogP contribution in [0.15, 0.2) is 53.6 Å². The Kier molecular flexibility index (Phi) is 11.5. The summed E-state index contributed by atoms with van der Waals surface area (Å²) in [4.78, 5) is 51.0. The molecule has 2 N–H and O–H groups in total. The van der Waals surface area contributed by atoms with Crippen molar-refractivity contribution in [3.63, 3.8) is 0 Å². The lowest BCUT2D eigenvalue weighted by Crippen LogP contribution is -2.41. The van der Waals surface area contributed by atoms with Gasteiger partial charge in [-0.05, 0) is 56.1 Å². The first-order valence-corrected chi connectivity index (χ1v) is 14.4. The number of carbonyl (C=O) groups is 3. The van der Waals surface area contributed by atoms with Crippen LogP contribution in [0.5, 0.6) is 5.75 Å². The van der Waals surface area contributed by atoms with Gasteiger partial charge in [-0.3, -0.25) is 24.1 Å². The average Bonchev–Trinajstić information content (AvgIpc) is 3.47. The van der Waals surface area contributed by atoms with Gasteiger partial charge in [0.25, 0.3) is 11.5 Å². The van der Waals surface area contributed by atoms with Gasteiger partial charge in [0.1, 0.15) is 11.9 Å². The van der Waals surface area contributed by atoms with Crippen LogP contribution in [0.1, 0.15) is 35.3 Å². The van der Waals surface area contributed by atoms with E-state index >= 15 is 0 Å². The van der Waals surface area contributed by atoms with Crippen molar-refractivity contribution in [1.29, 1.82) is 0 Å². The summed E-state index contributed by atoms with van der Waals surface area (Å²) in [5.41, 5.74) is 0.114. The van der Waals surface area contributed by atoms with Crippen LogP contribution in [0.4, 0.5) is 23.2 Å². The predicted molar refractivity (Wildman–Crippen MR) is 154 cm³/mol. The van der Waals surface area contributed by atoms with E-state index in [4.69, 9.17) is 4.74 Å². The van der Waals surface area contributed by atoms with Crippen LogP contribution in [0.25, 0.3) is 0 Å². The van der Waals surface area contributed by atoms with Gasteiger partial charge in [0.2, 0.25) is 5.91 Å². The van der Waals surface area contributed by atoms with Gasteiger partial charge in [-0.1, -0.05) is 17.3 Å². The number of rotatable bonds is 13. The van der Waals surface area contributed by atoms with E-state index in [1.54, 1.807) is 0 Å². The first-order chi connectivity index (χ1) is 21.9. The van der Waals surface area contributed by atoms with Gasteiger partial charge in [0.15, 0.2) is 5.69 Å². The maximum Gasteiger partial charge on any atom is 0.573 e. The first-order valence-electron chi connectivity index (χ1n) is 14.4. The zero-order valence-electron chi connectivity index (χ0n) is 24.8. The molecule has 2 amide bonds. The van der Waals surface area contributed by atoms with Gasteiger partial charge in [-0.2, -0.15) is 0 Å². The second-order valence-corrected chi connectivity index (χ2v) is 10.7. The summed E-state index contributed by atoms with van der Waals surface area (Å²) < 4.78 is 63.1. The number of piperidine rings is 1. The van der Waals surface area contributed by atoms with Crippen LogP contribution in [0.2, 0.25) is 0 Å². The molecule has 3 heterocycles. The number of hydrogen-bond acceptors (Lipinski definition) is 9. The van der Waals surface area contributed by atoms with Crippen molar-refractivity contribution in [2.75, 3.05) is 32.1 Å². The van der Waals surface area contributed by atoms with E-state index in [2.05, 4.69) is 25.7 Å². The number of nitrogens with one attached hydrogen (secondary N) is 2. The normalized spacial score (nSPS) is 14.8. The van der Waals surface area contributed by atoms with Crippen molar-refractivity contribution in [2.45, 2.75) is 51.4 Å². The minimum absolute atomic E-state index is 0.0442. The highest BCUT2D eigenvalue weighted by atomic mass is 19.4. The smallest absolute Gasteiger partial charge is 0.469 e. The molecule has 0 bridgehead atoms. The predicted octanol–water partition coefficient (Wildman–Crippen LogP) is 2.52. The quantitative estimate of drug-likeness (QED) is 0.210. The van der Waals surface area contributed by atoms with Crippen LogP contribution < -0.4 is 20.9 Å². The number of alkyl halides is 4. The Morgan fingerprint density at radius 2 is 1.89 bits per heavy atom. The van der Waals surface area contributed by atoms with E-state index in [1.165, 1.54) is 48.3 Å². The van der Waals surface area contributed by atoms with Gasteiger partial charge in [-0.25, -0.2) is 9.07 Å². The number of ether oxygens (including phenoxy) is 2. The molecule has 46 heavy (non-hydrogen) atoms.